The fourth-order valence-electron chi connectivity index (χ4n) is 1.80. The van der Waals surface area contributed by atoms with Gasteiger partial charge in [-0.2, -0.15) is 0 Å². The Morgan fingerprint density at radius 2 is 2.00 bits per heavy atom. The zero-order valence-corrected chi connectivity index (χ0v) is 10.8. The summed E-state index contributed by atoms with van der Waals surface area (Å²) in [5.74, 6) is 1.27. The molecule has 0 aliphatic heterocycles. The minimum Gasteiger partial charge on any atom is -0.420 e. The highest BCUT2D eigenvalue weighted by molar-refractivity contribution is 7.13. The van der Waals surface area contributed by atoms with Crippen LogP contribution in [0.5, 0.6) is 0 Å². The van der Waals surface area contributed by atoms with Gasteiger partial charge >= 0.3 is 0 Å². The number of aromatic nitrogens is 2. The van der Waals surface area contributed by atoms with Crippen LogP contribution < -0.4 is 0 Å². The van der Waals surface area contributed by atoms with E-state index in [1.807, 2.05) is 29.6 Å². The summed E-state index contributed by atoms with van der Waals surface area (Å²) in [5.41, 5.74) is 2.47. The van der Waals surface area contributed by atoms with Crippen LogP contribution in [0.25, 0.3) is 10.8 Å². The summed E-state index contributed by atoms with van der Waals surface area (Å²) in [5, 5.41) is 10.2. The van der Waals surface area contributed by atoms with E-state index in [0.29, 0.717) is 18.2 Å². The molecule has 3 aromatic rings. The molecule has 0 radical (unpaired) electrons. The maximum absolute atomic E-state index is 5.68. The van der Waals surface area contributed by atoms with E-state index in [2.05, 4.69) is 29.3 Å². The summed E-state index contributed by atoms with van der Waals surface area (Å²) in [4.78, 5) is 1.01. The maximum Gasteiger partial charge on any atom is 0.257 e. The summed E-state index contributed by atoms with van der Waals surface area (Å²) in [6.07, 6.45) is 0.686. The predicted octanol–water partition coefficient (Wildman–Crippen LogP) is 3.70. The predicted molar refractivity (Wildman–Crippen MR) is 71.6 cm³/mol. The van der Waals surface area contributed by atoms with Crippen molar-refractivity contribution in [2.45, 2.75) is 13.3 Å². The van der Waals surface area contributed by atoms with Crippen molar-refractivity contribution in [2.75, 3.05) is 0 Å². The van der Waals surface area contributed by atoms with Crippen LogP contribution in [-0.2, 0) is 6.42 Å². The van der Waals surface area contributed by atoms with E-state index in [9.17, 15) is 0 Å². The molecule has 0 saturated heterocycles. The Kier molecular flexibility index (Phi) is 2.94. The van der Waals surface area contributed by atoms with Gasteiger partial charge in [0, 0.05) is 0 Å². The van der Waals surface area contributed by atoms with Crippen molar-refractivity contribution in [1.82, 2.24) is 10.2 Å². The van der Waals surface area contributed by atoms with Gasteiger partial charge in [0.25, 0.3) is 5.89 Å². The van der Waals surface area contributed by atoms with Gasteiger partial charge < -0.3 is 4.42 Å². The normalized spacial score (nSPS) is 10.7. The molecule has 2 aromatic heterocycles. The third-order valence-electron chi connectivity index (χ3n) is 2.80. The molecule has 0 fully saturated rings. The molecule has 1 aromatic carbocycles. The fraction of sp³-hybridized carbons (Fsp3) is 0.143. The van der Waals surface area contributed by atoms with Gasteiger partial charge in [0.05, 0.1) is 11.3 Å². The van der Waals surface area contributed by atoms with Gasteiger partial charge in [-0.15, -0.1) is 21.5 Å². The molecule has 0 spiro atoms. The van der Waals surface area contributed by atoms with Crippen LogP contribution >= 0.6 is 11.3 Å². The summed E-state index contributed by atoms with van der Waals surface area (Å²) >= 11 is 1.60. The summed E-state index contributed by atoms with van der Waals surface area (Å²) in [6.45, 7) is 2.09. The molecule has 0 unspecified atom stereocenters. The van der Waals surface area contributed by atoms with Crippen LogP contribution in [0.4, 0.5) is 0 Å². The summed E-state index contributed by atoms with van der Waals surface area (Å²) < 4.78 is 5.68. The lowest BCUT2D eigenvalue weighted by molar-refractivity contribution is 0.519. The zero-order valence-electron chi connectivity index (χ0n) is 9.96. The van der Waals surface area contributed by atoms with Crippen molar-refractivity contribution < 1.29 is 4.42 Å². The molecule has 3 rings (SSSR count). The molecule has 0 N–H and O–H groups in total. The van der Waals surface area contributed by atoms with E-state index in [-0.39, 0.29) is 0 Å². The second-order valence-corrected chi connectivity index (χ2v) is 5.03. The van der Waals surface area contributed by atoms with E-state index < -0.39 is 0 Å². The van der Waals surface area contributed by atoms with Gasteiger partial charge in [-0.05, 0) is 29.5 Å². The lowest BCUT2D eigenvalue weighted by atomic mass is 10.1. The van der Waals surface area contributed by atoms with E-state index in [1.54, 1.807) is 11.3 Å². The van der Waals surface area contributed by atoms with Gasteiger partial charge in [0.1, 0.15) is 0 Å². The minimum atomic E-state index is 0.605. The number of aryl methyl sites for hydroxylation is 1. The molecular weight excluding hydrogens is 244 g/mol. The maximum atomic E-state index is 5.68. The molecule has 3 nitrogen and oxygen atoms in total. The topological polar surface area (TPSA) is 38.9 Å². The van der Waals surface area contributed by atoms with Crippen LogP contribution in [0.1, 0.15) is 17.0 Å². The lowest BCUT2D eigenvalue weighted by Crippen LogP contribution is -1.91. The third kappa shape index (κ3) is 2.19. The van der Waals surface area contributed by atoms with Crippen LogP contribution in [0, 0.1) is 6.92 Å². The second-order valence-electron chi connectivity index (χ2n) is 4.08. The smallest absolute Gasteiger partial charge is 0.257 e. The van der Waals surface area contributed by atoms with Crippen LogP contribution in [0.3, 0.4) is 0 Å². The van der Waals surface area contributed by atoms with Crippen molar-refractivity contribution in [3.05, 3.63) is 58.8 Å². The minimum absolute atomic E-state index is 0.605. The lowest BCUT2D eigenvalue weighted by Gasteiger charge is -2.00. The van der Waals surface area contributed by atoms with Crippen LogP contribution in [-0.4, -0.2) is 10.2 Å². The highest BCUT2D eigenvalue weighted by Crippen LogP contribution is 2.24. The third-order valence-corrected chi connectivity index (χ3v) is 3.66. The van der Waals surface area contributed by atoms with E-state index in [1.165, 1.54) is 11.1 Å². The molecule has 0 aliphatic rings. The molecule has 0 bridgehead atoms. The Hall–Kier alpha value is -1.94. The van der Waals surface area contributed by atoms with Crippen molar-refractivity contribution in [1.29, 1.82) is 0 Å². The highest BCUT2D eigenvalue weighted by atomic mass is 32.1. The second kappa shape index (κ2) is 4.74. The first-order valence-electron chi connectivity index (χ1n) is 5.74. The first kappa shape index (κ1) is 11.2. The Labute approximate surface area is 109 Å². The van der Waals surface area contributed by atoms with E-state index in [0.717, 1.165) is 4.88 Å². The average Bonchev–Trinajstić information content (AvgIpc) is 3.02. The van der Waals surface area contributed by atoms with Crippen molar-refractivity contribution >= 4 is 11.3 Å². The highest BCUT2D eigenvalue weighted by Gasteiger charge is 2.10. The monoisotopic (exact) mass is 256 g/mol. The Morgan fingerprint density at radius 3 is 2.78 bits per heavy atom. The number of hydrogen-bond donors (Lipinski definition) is 0. The number of thiophene rings is 1. The standard InChI is InChI=1S/C14H12N2OS/c1-10-5-2-3-6-11(10)9-13-15-16-14(17-13)12-7-4-8-18-12/h2-8H,9H2,1H3. The molecule has 0 atom stereocenters. The van der Waals surface area contributed by atoms with E-state index >= 15 is 0 Å². The quantitative estimate of drug-likeness (QED) is 0.717. The van der Waals surface area contributed by atoms with Gasteiger partial charge in [-0.25, -0.2) is 0 Å². The average molecular weight is 256 g/mol. The first-order chi connectivity index (χ1) is 8.83. The molecular formula is C14H12N2OS. The van der Waals surface area contributed by atoms with Gasteiger partial charge in [0.15, 0.2) is 0 Å². The molecule has 4 heteroatoms. The van der Waals surface area contributed by atoms with Gasteiger partial charge in [-0.3, -0.25) is 0 Å². The number of rotatable bonds is 3. The molecule has 18 heavy (non-hydrogen) atoms. The molecule has 0 aliphatic carbocycles. The van der Waals surface area contributed by atoms with Crippen LogP contribution in [0.15, 0.2) is 46.2 Å². The summed E-state index contributed by atoms with van der Waals surface area (Å²) in [7, 11) is 0. The molecule has 0 amide bonds. The molecule has 2 heterocycles. The molecule has 0 saturated carbocycles. The largest absolute Gasteiger partial charge is 0.420 e. The summed E-state index contributed by atoms with van der Waals surface area (Å²) in [6, 6.07) is 12.2. The Morgan fingerprint density at radius 1 is 1.11 bits per heavy atom. The zero-order chi connectivity index (χ0) is 12.4. The number of nitrogens with zero attached hydrogens (tertiary/aromatic N) is 2. The van der Waals surface area contributed by atoms with Crippen molar-refractivity contribution in [3.63, 3.8) is 0 Å². The van der Waals surface area contributed by atoms with Crippen molar-refractivity contribution in [2.24, 2.45) is 0 Å². The first-order valence-corrected chi connectivity index (χ1v) is 6.61. The SMILES string of the molecule is Cc1ccccc1Cc1nnc(-c2cccs2)o1. The van der Waals surface area contributed by atoms with Gasteiger partial charge in [-0.1, -0.05) is 30.3 Å². The Balaban J connectivity index is 1.85. The number of benzene rings is 1. The van der Waals surface area contributed by atoms with Gasteiger partial charge in [0.2, 0.25) is 5.89 Å². The molecule has 90 valence electrons. The van der Waals surface area contributed by atoms with Crippen LogP contribution in [0.2, 0.25) is 0 Å². The number of hydrogen-bond acceptors (Lipinski definition) is 4. The Bertz CT molecular complexity index is 643. The van der Waals surface area contributed by atoms with Crippen molar-refractivity contribution in [3.8, 4) is 10.8 Å². The fourth-order valence-corrected chi connectivity index (χ4v) is 2.44. The van der Waals surface area contributed by atoms with E-state index in [4.69, 9.17) is 4.42 Å².